The molecule has 0 aliphatic rings. The number of aryl methyl sites for hydroxylation is 1. The summed E-state index contributed by atoms with van der Waals surface area (Å²) in [4.78, 5) is 1.23. The summed E-state index contributed by atoms with van der Waals surface area (Å²) in [7, 11) is 0. The molecule has 2 nitrogen and oxygen atoms in total. The third-order valence-corrected chi connectivity index (χ3v) is 3.62. The van der Waals surface area contributed by atoms with Crippen LogP contribution in [-0.2, 0) is 13.0 Å². The largest absolute Gasteiger partial charge is 0.506 e. The summed E-state index contributed by atoms with van der Waals surface area (Å²) in [5.74, 6) is 0.307. The van der Waals surface area contributed by atoms with Crippen LogP contribution in [0.4, 0.5) is 0 Å². The Kier molecular flexibility index (Phi) is 2.44. The molecule has 2 rings (SSSR count). The highest BCUT2D eigenvalue weighted by atomic mass is 32.1. The van der Waals surface area contributed by atoms with Crippen LogP contribution in [0, 0.1) is 0 Å². The first-order valence-electron chi connectivity index (χ1n) is 4.60. The molecular weight excluding hydrogens is 196 g/mol. The van der Waals surface area contributed by atoms with Gasteiger partial charge in [0.2, 0.25) is 0 Å². The van der Waals surface area contributed by atoms with Crippen molar-refractivity contribution in [2.24, 2.45) is 0 Å². The molecule has 2 N–H and O–H groups in total. The van der Waals surface area contributed by atoms with Crippen LogP contribution < -0.4 is 0 Å². The van der Waals surface area contributed by atoms with Crippen molar-refractivity contribution >= 4 is 21.4 Å². The highest BCUT2D eigenvalue weighted by Crippen LogP contribution is 2.35. The number of hydrogen-bond acceptors (Lipinski definition) is 3. The van der Waals surface area contributed by atoms with Gasteiger partial charge in [0.15, 0.2) is 0 Å². The number of hydrogen-bond donors (Lipinski definition) is 2. The minimum Gasteiger partial charge on any atom is -0.506 e. The van der Waals surface area contributed by atoms with Crippen molar-refractivity contribution in [2.75, 3.05) is 0 Å². The van der Waals surface area contributed by atoms with Gasteiger partial charge in [-0.25, -0.2) is 0 Å². The summed E-state index contributed by atoms with van der Waals surface area (Å²) < 4.78 is 0.883. The van der Waals surface area contributed by atoms with Gasteiger partial charge < -0.3 is 10.2 Å². The molecule has 3 heteroatoms. The van der Waals surface area contributed by atoms with Gasteiger partial charge >= 0.3 is 0 Å². The second kappa shape index (κ2) is 3.59. The van der Waals surface area contributed by atoms with E-state index in [2.05, 4.69) is 6.92 Å². The fourth-order valence-electron chi connectivity index (χ4n) is 1.53. The van der Waals surface area contributed by atoms with Crippen molar-refractivity contribution in [2.45, 2.75) is 20.0 Å². The minimum absolute atomic E-state index is 0.0245. The summed E-state index contributed by atoms with van der Waals surface area (Å²) in [6.07, 6.45) is 0.962. The van der Waals surface area contributed by atoms with Crippen molar-refractivity contribution in [1.29, 1.82) is 0 Å². The van der Waals surface area contributed by atoms with E-state index in [1.807, 2.05) is 6.07 Å². The smallest absolute Gasteiger partial charge is 0.133 e. The average Bonchev–Trinajstić information content (AvgIpc) is 2.63. The Hall–Kier alpha value is -1.06. The Morgan fingerprint density at radius 2 is 2.14 bits per heavy atom. The van der Waals surface area contributed by atoms with Gasteiger partial charge in [0.1, 0.15) is 5.75 Å². The number of rotatable bonds is 2. The third-order valence-electron chi connectivity index (χ3n) is 2.32. The molecule has 0 unspecified atom stereocenters. The molecule has 0 saturated heterocycles. The zero-order chi connectivity index (χ0) is 10.1. The second-order valence-electron chi connectivity index (χ2n) is 3.21. The molecule has 0 spiro atoms. The van der Waals surface area contributed by atoms with Gasteiger partial charge in [0.05, 0.1) is 11.3 Å². The number of phenols is 1. The van der Waals surface area contributed by atoms with Crippen LogP contribution >= 0.6 is 11.3 Å². The van der Waals surface area contributed by atoms with E-state index in [0.29, 0.717) is 5.75 Å². The van der Waals surface area contributed by atoms with E-state index in [-0.39, 0.29) is 6.61 Å². The lowest BCUT2D eigenvalue weighted by Gasteiger charge is -1.99. The van der Waals surface area contributed by atoms with Crippen molar-refractivity contribution in [3.8, 4) is 5.75 Å². The fourth-order valence-corrected chi connectivity index (χ4v) is 2.58. The number of aliphatic hydroxyl groups excluding tert-OH is 1. The number of aliphatic hydroxyl groups is 1. The molecule has 14 heavy (non-hydrogen) atoms. The van der Waals surface area contributed by atoms with E-state index >= 15 is 0 Å². The number of aromatic hydroxyl groups is 1. The lowest BCUT2D eigenvalue weighted by atomic mass is 10.1. The molecular formula is C11H12O2S. The molecule has 1 aromatic carbocycles. The quantitative estimate of drug-likeness (QED) is 0.796. The van der Waals surface area contributed by atoms with Gasteiger partial charge in [0.25, 0.3) is 0 Å². The van der Waals surface area contributed by atoms with Crippen LogP contribution in [0.5, 0.6) is 5.75 Å². The summed E-state index contributed by atoms with van der Waals surface area (Å²) in [5.41, 5.74) is 0.883. The maximum atomic E-state index is 9.63. The second-order valence-corrected chi connectivity index (χ2v) is 4.35. The van der Waals surface area contributed by atoms with Crippen LogP contribution in [0.3, 0.4) is 0 Å². The van der Waals surface area contributed by atoms with Crippen LogP contribution in [-0.4, -0.2) is 10.2 Å². The lowest BCUT2D eigenvalue weighted by Crippen LogP contribution is -1.82. The van der Waals surface area contributed by atoms with Crippen LogP contribution in [0.15, 0.2) is 18.2 Å². The van der Waals surface area contributed by atoms with Crippen molar-refractivity contribution in [3.63, 3.8) is 0 Å². The minimum atomic E-state index is 0.0245. The van der Waals surface area contributed by atoms with Crippen LogP contribution in [0.1, 0.15) is 17.4 Å². The third kappa shape index (κ3) is 1.38. The summed E-state index contributed by atoms with van der Waals surface area (Å²) in [6, 6.07) is 5.46. The number of fused-ring (bicyclic) bond motifs is 1. The maximum Gasteiger partial charge on any atom is 0.133 e. The number of benzene rings is 1. The van der Waals surface area contributed by atoms with Crippen molar-refractivity contribution in [3.05, 3.63) is 28.6 Å². The van der Waals surface area contributed by atoms with Gasteiger partial charge in [-0.2, -0.15) is 0 Å². The Morgan fingerprint density at radius 1 is 1.36 bits per heavy atom. The van der Waals surface area contributed by atoms with Crippen molar-refractivity contribution in [1.82, 2.24) is 0 Å². The molecule has 0 bridgehead atoms. The monoisotopic (exact) mass is 208 g/mol. The normalized spacial score (nSPS) is 11.0. The summed E-state index contributed by atoms with van der Waals surface area (Å²) >= 11 is 1.59. The van der Waals surface area contributed by atoms with E-state index < -0.39 is 0 Å². The van der Waals surface area contributed by atoms with E-state index in [4.69, 9.17) is 5.11 Å². The van der Waals surface area contributed by atoms with E-state index in [1.165, 1.54) is 4.88 Å². The first-order chi connectivity index (χ1) is 6.76. The molecule has 74 valence electrons. The molecule has 0 amide bonds. The average molecular weight is 208 g/mol. The fraction of sp³-hybridized carbons (Fsp3) is 0.273. The van der Waals surface area contributed by atoms with Gasteiger partial charge in [-0.3, -0.25) is 0 Å². The molecule has 0 aliphatic heterocycles. The van der Waals surface area contributed by atoms with Gasteiger partial charge in [-0.1, -0.05) is 13.0 Å². The Morgan fingerprint density at radius 3 is 2.79 bits per heavy atom. The highest BCUT2D eigenvalue weighted by molar-refractivity contribution is 7.19. The van der Waals surface area contributed by atoms with E-state index in [0.717, 1.165) is 22.1 Å². The summed E-state index contributed by atoms with van der Waals surface area (Å²) in [6.45, 7) is 2.11. The van der Waals surface area contributed by atoms with Crippen LogP contribution in [0.25, 0.3) is 10.1 Å². The molecule has 0 saturated carbocycles. The predicted octanol–water partition coefficient (Wildman–Crippen LogP) is 2.66. The van der Waals surface area contributed by atoms with Crippen LogP contribution in [0.2, 0.25) is 0 Å². The van der Waals surface area contributed by atoms with Gasteiger partial charge in [0, 0.05) is 10.3 Å². The lowest BCUT2D eigenvalue weighted by molar-refractivity contribution is 0.283. The summed E-state index contributed by atoms with van der Waals surface area (Å²) in [5, 5.41) is 19.7. The molecule has 0 aliphatic carbocycles. The first kappa shape index (κ1) is 9.49. The maximum absolute atomic E-state index is 9.63. The molecule has 2 aromatic rings. The Labute approximate surface area is 86.4 Å². The van der Waals surface area contributed by atoms with E-state index in [9.17, 15) is 5.11 Å². The Balaban J connectivity index is 2.74. The first-order valence-corrected chi connectivity index (χ1v) is 5.42. The zero-order valence-electron chi connectivity index (χ0n) is 7.95. The molecule has 0 fully saturated rings. The molecule has 0 radical (unpaired) electrons. The predicted molar refractivity (Wildman–Crippen MR) is 58.8 cm³/mol. The molecule has 0 atom stereocenters. The van der Waals surface area contributed by atoms with E-state index in [1.54, 1.807) is 23.5 Å². The standard InChI is InChI=1S/C11H12O2S/c1-2-8-5-9-7(6-12)3-4-10(13)11(9)14-8/h3-5,12-13H,2,6H2,1H3. The topological polar surface area (TPSA) is 40.5 Å². The van der Waals surface area contributed by atoms with Gasteiger partial charge in [-0.15, -0.1) is 11.3 Å². The van der Waals surface area contributed by atoms with Gasteiger partial charge in [-0.05, 0) is 24.1 Å². The SMILES string of the molecule is CCc1cc2c(CO)ccc(O)c2s1. The molecule has 1 aromatic heterocycles. The molecule has 1 heterocycles. The zero-order valence-corrected chi connectivity index (χ0v) is 8.77. The highest BCUT2D eigenvalue weighted by Gasteiger charge is 2.08. The Bertz CT molecular complexity index is 460. The number of phenolic OH excluding ortho intramolecular Hbond substituents is 1. The number of thiophene rings is 1. The van der Waals surface area contributed by atoms with Crippen molar-refractivity contribution < 1.29 is 10.2 Å².